The fraction of sp³-hybridized carbons (Fsp3) is 1.00. The van der Waals surface area contributed by atoms with Gasteiger partial charge in [0.25, 0.3) is 0 Å². The summed E-state index contributed by atoms with van der Waals surface area (Å²) in [6, 6.07) is 0.202. The molecule has 0 aromatic rings. The Kier molecular flexibility index (Phi) is 5.62. The van der Waals surface area contributed by atoms with Gasteiger partial charge in [0.15, 0.2) is 0 Å². The second-order valence-corrected chi connectivity index (χ2v) is 5.14. The van der Waals surface area contributed by atoms with Crippen molar-refractivity contribution < 1.29 is 4.74 Å². The molecule has 1 aliphatic rings. The van der Waals surface area contributed by atoms with Gasteiger partial charge in [-0.3, -0.25) is 0 Å². The van der Waals surface area contributed by atoms with Gasteiger partial charge in [0.05, 0.1) is 6.10 Å². The van der Waals surface area contributed by atoms with E-state index in [1.54, 1.807) is 0 Å². The normalized spacial score (nSPS) is 23.0. The van der Waals surface area contributed by atoms with Gasteiger partial charge in [-0.2, -0.15) is 0 Å². The summed E-state index contributed by atoms with van der Waals surface area (Å²) in [6.07, 6.45) is 7.02. The second kappa shape index (κ2) is 6.49. The summed E-state index contributed by atoms with van der Waals surface area (Å²) in [5, 5.41) is 0. The molecule has 2 N–H and O–H groups in total. The van der Waals surface area contributed by atoms with E-state index in [4.69, 9.17) is 10.5 Å². The van der Waals surface area contributed by atoms with Gasteiger partial charge in [0.2, 0.25) is 0 Å². The number of nitrogens with two attached hydrogens (primary N) is 1. The molecule has 1 rings (SSSR count). The summed E-state index contributed by atoms with van der Waals surface area (Å²) < 4.78 is 5.88. The first-order chi connectivity index (χ1) is 7.16. The SMILES string of the molecule is CCOC(C1CCCCC1)C(N)C(C)C. The molecule has 2 nitrogen and oxygen atoms in total. The molecular formula is C13H27NO. The summed E-state index contributed by atoms with van der Waals surface area (Å²) in [6.45, 7) is 7.25. The van der Waals surface area contributed by atoms with Crippen LogP contribution in [0.25, 0.3) is 0 Å². The number of hydrogen-bond donors (Lipinski definition) is 1. The highest BCUT2D eigenvalue weighted by Crippen LogP contribution is 2.30. The fourth-order valence-corrected chi connectivity index (χ4v) is 2.60. The summed E-state index contributed by atoms with van der Waals surface area (Å²) in [4.78, 5) is 0. The molecule has 2 atom stereocenters. The lowest BCUT2D eigenvalue weighted by molar-refractivity contribution is -0.0183. The van der Waals surface area contributed by atoms with Gasteiger partial charge in [0, 0.05) is 12.6 Å². The number of hydrogen-bond acceptors (Lipinski definition) is 2. The third-order valence-electron chi connectivity index (χ3n) is 3.62. The first-order valence-corrected chi connectivity index (χ1v) is 6.54. The Hall–Kier alpha value is -0.0800. The molecule has 2 heteroatoms. The van der Waals surface area contributed by atoms with Crippen molar-refractivity contribution in [1.82, 2.24) is 0 Å². The van der Waals surface area contributed by atoms with Crippen molar-refractivity contribution in [2.24, 2.45) is 17.6 Å². The molecule has 0 saturated heterocycles. The molecule has 0 amide bonds. The van der Waals surface area contributed by atoms with E-state index in [2.05, 4.69) is 20.8 Å². The molecule has 0 spiro atoms. The van der Waals surface area contributed by atoms with Crippen LogP contribution in [0, 0.1) is 11.8 Å². The predicted molar refractivity (Wildman–Crippen MR) is 64.8 cm³/mol. The van der Waals surface area contributed by atoms with E-state index in [-0.39, 0.29) is 12.1 Å². The zero-order valence-electron chi connectivity index (χ0n) is 10.5. The first kappa shape index (κ1) is 13.0. The highest BCUT2D eigenvalue weighted by atomic mass is 16.5. The lowest BCUT2D eigenvalue weighted by Crippen LogP contribution is -2.46. The summed E-state index contributed by atoms with van der Waals surface area (Å²) in [5.41, 5.74) is 6.25. The van der Waals surface area contributed by atoms with Gasteiger partial charge in [0.1, 0.15) is 0 Å². The second-order valence-electron chi connectivity index (χ2n) is 5.14. The third kappa shape index (κ3) is 3.76. The zero-order chi connectivity index (χ0) is 11.3. The molecule has 0 bridgehead atoms. The Morgan fingerprint density at radius 1 is 1.20 bits per heavy atom. The van der Waals surface area contributed by atoms with E-state index in [1.165, 1.54) is 32.1 Å². The Morgan fingerprint density at radius 3 is 2.27 bits per heavy atom. The van der Waals surface area contributed by atoms with E-state index in [1.807, 2.05) is 0 Å². The van der Waals surface area contributed by atoms with Crippen LogP contribution in [-0.4, -0.2) is 18.8 Å². The quantitative estimate of drug-likeness (QED) is 0.762. The number of ether oxygens (including phenoxy) is 1. The minimum Gasteiger partial charge on any atom is -0.377 e. The molecule has 1 saturated carbocycles. The lowest BCUT2D eigenvalue weighted by Gasteiger charge is -2.35. The highest BCUT2D eigenvalue weighted by Gasteiger charge is 2.30. The van der Waals surface area contributed by atoms with Crippen LogP contribution in [0.15, 0.2) is 0 Å². The Bertz CT molecular complexity index is 164. The van der Waals surface area contributed by atoms with Crippen molar-refractivity contribution in [3.8, 4) is 0 Å². The molecule has 1 fully saturated rings. The van der Waals surface area contributed by atoms with Crippen LogP contribution in [-0.2, 0) is 4.74 Å². The molecule has 0 heterocycles. The van der Waals surface area contributed by atoms with Gasteiger partial charge >= 0.3 is 0 Å². The average molecular weight is 213 g/mol. The van der Waals surface area contributed by atoms with Crippen molar-refractivity contribution in [2.45, 2.75) is 65.0 Å². The van der Waals surface area contributed by atoms with Gasteiger partial charge in [-0.1, -0.05) is 33.1 Å². The van der Waals surface area contributed by atoms with Gasteiger partial charge in [-0.05, 0) is 31.6 Å². The maximum absolute atomic E-state index is 6.25. The van der Waals surface area contributed by atoms with Gasteiger partial charge in [-0.15, -0.1) is 0 Å². The monoisotopic (exact) mass is 213 g/mol. The standard InChI is InChI=1S/C13H27NO/c1-4-15-13(12(14)10(2)3)11-8-6-5-7-9-11/h10-13H,4-9,14H2,1-3H3. The lowest BCUT2D eigenvalue weighted by atomic mass is 9.80. The van der Waals surface area contributed by atoms with E-state index in [9.17, 15) is 0 Å². The molecule has 15 heavy (non-hydrogen) atoms. The molecule has 0 radical (unpaired) electrons. The van der Waals surface area contributed by atoms with Crippen LogP contribution in [0.2, 0.25) is 0 Å². The van der Waals surface area contributed by atoms with Crippen LogP contribution < -0.4 is 5.73 Å². The molecule has 0 aromatic heterocycles. The topological polar surface area (TPSA) is 35.2 Å². The highest BCUT2D eigenvalue weighted by molar-refractivity contribution is 4.84. The van der Waals surface area contributed by atoms with E-state index >= 15 is 0 Å². The van der Waals surface area contributed by atoms with Crippen LogP contribution >= 0.6 is 0 Å². The van der Waals surface area contributed by atoms with Crippen molar-refractivity contribution in [3.63, 3.8) is 0 Å². The Balaban J connectivity index is 2.54. The van der Waals surface area contributed by atoms with Crippen LogP contribution in [0.1, 0.15) is 52.9 Å². The fourth-order valence-electron chi connectivity index (χ4n) is 2.60. The van der Waals surface area contributed by atoms with Crippen LogP contribution in [0.3, 0.4) is 0 Å². The number of rotatable bonds is 5. The van der Waals surface area contributed by atoms with E-state index in [0.29, 0.717) is 11.8 Å². The summed E-state index contributed by atoms with van der Waals surface area (Å²) in [7, 11) is 0. The minimum atomic E-state index is 0.202. The van der Waals surface area contributed by atoms with Crippen molar-refractivity contribution >= 4 is 0 Å². The molecule has 1 aliphatic carbocycles. The van der Waals surface area contributed by atoms with Crippen LogP contribution in [0.4, 0.5) is 0 Å². The molecule has 2 unspecified atom stereocenters. The molecule has 0 aliphatic heterocycles. The minimum absolute atomic E-state index is 0.202. The van der Waals surface area contributed by atoms with Gasteiger partial charge < -0.3 is 10.5 Å². The summed E-state index contributed by atoms with van der Waals surface area (Å²) >= 11 is 0. The summed E-state index contributed by atoms with van der Waals surface area (Å²) in [5.74, 6) is 1.22. The van der Waals surface area contributed by atoms with E-state index in [0.717, 1.165) is 6.61 Å². The first-order valence-electron chi connectivity index (χ1n) is 6.54. The largest absolute Gasteiger partial charge is 0.377 e. The molecule has 90 valence electrons. The predicted octanol–water partition coefficient (Wildman–Crippen LogP) is 2.96. The van der Waals surface area contributed by atoms with E-state index < -0.39 is 0 Å². The molecule has 0 aromatic carbocycles. The van der Waals surface area contributed by atoms with Crippen molar-refractivity contribution in [1.29, 1.82) is 0 Å². The Labute approximate surface area is 94.6 Å². The smallest absolute Gasteiger partial charge is 0.0756 e. The maximum atomic E-state index is 6.25. The van der Waals surface area contributed by atoms with Gasteiger partial charge in [-0.25, -0.2) is 0 Å². The maximum Gasteiger partial charge on any atom is 0.0756 e. The average Bonchev–Trinajstić information content (AvgIpc) is 2.26. The van der Waals surface area contributed by atoms with Crippen LogP contribution in [0.5, 0.6) is 0 Å². The zero-order valence-corrected chi connectivity index (χ0v) is 10.5. The van der Waals surface area contributed by atoms with Crippen molar-refractivity contribution in [3.05, 3.63) is 0 Å². The van der Waals surface area contributed by atoms with Crippen molar-refractivity contribution in [2.75, 3.05) is 6.61 Å². The Morgan fingerprint density at radius 2 is 1.80 bits per heavy atom. The third-order valence-corrected chi connectivity index (χ3v) is 3.62. The molecular weight excluding hydrogens is 186 g/mol.